The molecule has 2 N–H and O–H groups in total. The van der Waals surface area contributed by atoms with E-state index in [0.717, 1.165) is 49.0 Å². The predicted molar refractivity (Wildman–Crippen MR) is 170 cm³/mol. The third kappa shape index (κ3) is 5.77. The van der Waals surface area contributed by atoms with Crippen molar-refractivity contribution in [2.75, 3.05) is 29.6 Å². The molecule has 12 nitrogen and oxygen atoms in total. The molecule has 14 heteroatoms. The smallest absolute Gasteiger partial charge is 0.285 e. The first-order valence-corrected chi connectivity index (χ1v) is 16.7. The lowest BCUT2D eigenvalue weighted by Crippen LogP contribution is -2.31. The van der Waals surface area contributed by atoms with Gasteiger partial charge < -0.3 is 10.2 Å². The van der Waals surface area contributed by atoms with Gasteiger partial charge in [0.1, 0.15) is 5.15 Å². The molecule has 1 aliphatic heterocycles. The summed E-state index contributed by atoms with van der Waals surface area (Å²) in [7, 11) is -0.113. The molecule has 4 heterocycles. The molecular weight excluding hydrogens is 604 g/mol. The number of anilines is 2. The second-order valence-electron chi connectivity index (χ2n) is 12.1. The summed E-state index contributed by atoms with van der Waals surface area (Å²) in [6.45, 7) is 5.45. The lowest BCUT2D eigenvalue weighted by Gasteiger charge is -2.24. The van der Waals surface area contributed by atoms with Gasteiger partial charge in [-0.05, 0) is 68.4 Å². The summed E-state index contributed by atoms with van der Waals surface area (Å²) in [4.78, 5) is 37.9. The monoisotopic (exact) mass is 638 g/mol. The van der Waals surface area contributed by atoms with Crippen LogP contribution >= 0.6 is 11.6 Å². The van der Waals surface area contributed by atoms with Gasteiger partial charge in [-0.3, -0.25) is 18.8 Å². The number of halogens is 1. The number of hydrogen-bond donors (Lipinski definition) is 2. The van der Waals surface area contributed by atoms with Crippen LogP contribution in [0.1, 0.15) is 59.0 Å². The number of sulfonamides is 1. The Bertz CT molecular complexity index is 1940. The largest absolute Gasteiger partial charge is 0.377 e. The zero-order valence-corrected chi connectivity index (χ0v) is 26.8. The Morgan fingerprint density at radius 3 is 2.43 bits per heavy atom. The van der Waals surface area contributed by atoms with Crippen LogP contribution in [0.4, 0.5) is 11.6 Å². The molecule has 2 aliphatic rings. The van der Waals surface area contributed by atoms with Crippen LogP contribution in [0.15, 0.2) is 41.3 Å². The first kappa shape index (κ1) is 30.1. The third-order valence-electron chi connectivity index (χ3n) is 8.71. The second-order valence-corrected chi connectivity index (χ2v) is 14.3. The molecule has 4 aromatic rings. The predicted octanol–water partition coefficient (Wildman–Crippen LogP) is 3.52. The summed E-state index contributed by atoms with van der Waals surface area (Å²) >= 11 is 6.05. The van der Waals surface area contributed by atoms with Crippen molar-refractivity contribution in [1.82, 2.24) is 29.0 Å². The number of benzene rings is 1. The number of hydrogen-bond acceptors (Lipinski definition) is 9. The van der Waals surface area contributed by atoms with Gasteiger partial charge in [0.05, 0.1) is 34.6 Å². The van der Waals surface area contributed by atoms with Crippen molar-refractivity contribution in [3.05, 3.63) is 74.6 Å². The topological polar surface area (TPSA) is 144 Å². The fourth-order valence-corrected chi connectivity index (χ4v) is 7.34. The van der Waals surface area contributed by atoms with Gasteiger partial charge in [0.15, 0.2) is 5.69 Å². The lowest BCUT2D eigenvalue weighted by molar-refractivity contribution is 0.0977. The zero-order valence-electron chi connectivity index (χ0n) is 25.2. The summed E-state index contributed by atoms with van der Waals surface area (Å²) in [6.07, 6.45) is 5.01. The highest BCUT2D eigenvalue weighted by Gasteiger charge is 2.43. The Balaban J connectivity index is 1.31. The van der Waals surface area contributed by atoms with E-state index in [1.54, 1.807) is 17.7 Å². The Labute approximate surface area is 260 Å². The first-order valence-electron chi connectivity index (χ1n) is 14.5. The Kier molecular flexibility index (Phi) is 7.65. The van der Waals surface area contributed by atoms with Gasteiger partial charge in [-0.25, -0.2) is 23.1 Å². The van der Waals surface area contributed by atoms with E-state index >= 15 is 0 Å². The molecule has 0 radical (unpaired) electrons. The number of carbonyl (C=O) groups excluding carboxylic acids is 1. The van der Waals surface area contributed by atoms with Gasteiger partial charge in [0, 0.05) is 44.9 Å². The van der Waals surface area contributed by atoms with E-state index in [-0.39, 0.29) is 22.1 Å². The number of fused-ring (bicyclic) bond motifs is 2. The van der Waals surface area contributed by atoms with Crippen molar-refractivity contribution >= 4 is 50.1 Å². The van der Waals surface area contributed by atoms with Crippen molar-refractivity contribution in [3.63, 3.8) is 0 Å². The lowest BCUT2D eigenvalue weighted by atomic mass is 10.0. The highest BCUT2D eigenvalue weighted by atomic mass is 35.5. The van der Waals surface area contributed by atoms with E-state index in [1.165, 1.54) is 6.07 Å². The minimum atomic E-state index is -3.83. The van der Waals surface area contributed by atoms with E-state index in [9.17, 15) is 18.0 Å². The Hall–Kier alpha value is -3.97. The maximum absolute atomic E-state index is 13.7. The molecule has 2 unspecified atom stereocenters. The van der Waals surface area contributed by atoms with Crippen molar-refractivity contribution in [2.45, 2.75) is 38.6 Å². The minimum absolute atomic E-state index is 0.0411. The quantitative estimate of drug-likeness (QED) is 0.291. The fourth-order valence-electron chi connectivity index (χ4n) is 6.76. The zero-order chi connectivity index (χ0) is 31.5. The molecule has 3 aromatic heterocycles. The molecule has 1 aromatic carbocycles. The van der Waals surface area contributed by atoms with Crippen LogP contribution in [-0.4, -0.2) is 58.0 Å². The van der Waals surface area contributed by atoms with Crippen LogP contribution in [0.5, 0.6) is 0 Å². The molecular formula is C30H35ClN8O4S. The summed E-state index contributed by atoms with van der Waals surface area (Å²) in [5.74, 6) is 1.18. The molecule has 0 spiro atoms. The highest BCUT2D eigenvalue weighted by molar-refractivity contribution is 7.89. The number of aryl methyl sites for hydroxylation is 2. The molecule has 1 saturated carbocycles. The average molecular weight is 639 g/mol. The molecule has 4 atom stereocenters. The molecule has 1 amide bonds. The molecule has 1 saturated heterocycles. The van der Waals surface area contributed by atoms with Gasteiger partial charge in [0.25, 0.3) is 11.5 Å². The molecule has 232 valence electrons. The molecule has 6 rings (SSSR count). The maximum atomic E-state index is 13.7. The number of nitrogens with zero attached hydrogens (tertiary/aromatic N) is 6. The van der Waals surface area contributed by atoms with Crippen LogP contribution in [0.2, 0.25) is 5.15 Å². The van der Waals surface area contributed by atoms with Gasteiger partial charge in [-0.2, -0.15) is 5.10 Å². The van der Waals surface area contributed by atoms with Gasteiger partial charge in [-0.1, -0.05) is 17.7 Å². The number of aromatic nitrogens is 5. The summed E-state index contributed by atoms with van der Waals surface area (Å²) < 4.78 is 28.9. The number of carbonyl (C=O) groups is 1. The van der Waals surface area contributed by atoms with Crippen molar-refractivity contribution in [2.24, 2.45) is 25.9 Å². The summed E-state index contributed by atoms with van der Waals surface area (Å²) in [6, 6.07) is 8.56. The minimum Gasteiger partial charge on any atom is -0.377 e. The second kappa shape index (κ2) is 11.2. The van der Waals surface area contributed by atoms with Crippen LogP contribution in [-0.2, 0) is 24.1 Å². The number of rotatable bonds is 7. The van der Waals surface area contributed by atoms with Gasteiger partial charge >= 0.3 is 0 Å². The van der Waals surface area contributed by atoms with Crippen LogP contribution < -0.4 is 20.5 Å². The van der Waals surface area contributed by atoms with Crippen LogP contribution in [0, 0.1) is 18.8 Å². The normalized spacial score (nSPS) is 20.6. The SMILES string of the molecule is Cc1cc([C@@H](C)Nc2ccc(Cl)nc2C(=O)NS(C)(=O)=O)c2nc(N3CC4CC(c5ccn(C)n5)C[C@H]4C3)n(C)c(=O)c2c1. The summed E-state index contributed by atoms with van der Waals surface area (Å²) in [5, 5.41) is 8.45. The molecule has 2 fully saturated rings. The fraction of sp³-hybridized carbons (Fsp3) is 0.433. The maximum Gasteiger partial charge on any atom is 0.285 e. The Morgan fingerprint density at radius 1 is 1.09 bits per heavy atom. The van der Waals surface area contributed by atoms with E-state index in [1.807, 2.05) is 48.6 Å². The third-order valence-corrected chi connectivity index (χ3v) is 9.48. The van der Waals surface area contributed by atoms with E-state index < -0.39 is 22.0 Å². The van der Waals surface area contributed by atoms with Crippen molar-refractivity contribution in [3.8, 4) is 0 Å². The van der Waals surface area contributed by atoms with Gasteiger partial charge in [-0.15, -0.1) is 0 Å². The van der Waals surface area contributed by atoms with E-state index in [2.05, 4.69) is 26.4 Å². The summed E-state index contributed by atoms with van der Waals surface area (Å²) in [5.41, 5.74) is 3.36. The van der Waals surface area contributed by atoms with E-state index in [0.29, 0.717) is 34.6 Å². The number of amides is 1. The highest BCUT2D eigenvalue weighted by Crippen LogP contribution is 2.46. The standard InChI is InChI=1S/C30H35ClN8O4S/c1-16-10-21(17(2)32-24-6-7-25(31)33-27(24)28(40)36-44(5,42)43)26-22(11-16)29(41)38(4)30(34-26)39-14-19-12-18(13-20(19)15-39)23-8-9-37(3)35-23/h6-11,17-20,32H,12-15H2,1-5H3,(H,36,40)/t17-,18?,19+,20?/m1/s1. The first-order chi connectivity index (χ1) is 20.8. The van der Waals surface area contributed by atoms with E-state index in [4.69, 9.17) is 16.6 Å². The van der Waals surface area contributed by atoms with Crippen molar-refractivity contribution < 1.29 is 13.2 Å². The number of nitrogens with one attached hydrogen (secondary N) is 2. The Morgan fingerprint density at radius 2 is 1.80 bits per heavy atom. The number of pyridine rings is 1. The van der Waals surface area contributed by atoms with Crippen LogP contribution in [0.3, 0.4) is 0 Å². The molecule has 0 bridgehead atoms. The average Bonchev–Trinajstić information content (AvgIpc) is 3.65. The van der Waals surface area contributed by atoms with Crippen molar-refractivity contribution in [1.29, 1.82) is 0 Å². The molecule has 44 heavy (non-hydrogen) atoms. The van der Waals surface area contributed by atoms with Crippen LogP contribution in [0.25, 0.3) is 10.9 Å². The van der Waals surface area contributed by atoms with Gasteiger partial charge in [0.2, 0.25) is 16.0 Å². The molecule has 1 aliphatic carbocycles.